The van der Waals surface area contributed by atoms with Crippen LogP contribution in [0.15, 0.2) is 48.5 Å². The van der Waals surface area contributed by atoms with Gasteiger partial charge in [0.1, 0.15) is 5.75 Å². The van der Waals surface area contributed by atoms with Gasteiger partial charge >= 0.3 is 18.6 Å². The summed E-state index contributed by atoms with van der Waals surface area (Å²) in [6.07, 6.45) is -7.76. The van der Waals surface area contributed by atoms with Crippen molar-refractivity contribution in [1.29, 1.82) is 0 Å². The molecular weight excluding hydrogens is 402 g/mol. The summed E-state index contributed by atoms with van der Waals surface area (Å²) < 4.78 is 78.1. The van der Waals surface area contributed by atoms with Gasteiger partial charge in [-0.05, 0) is 54.8 Å². The summed E-state index contributed by atoms with van der Waals surface area (Å²) in [5.74, 6) is -0.414. The lowest BCUT2D eigenvalue weighted by atomic mass is 9.95. The van der Waals surface area contributed by atoms with Crippen molar-refractivity contribution in [2.75, 3.05) is 11.9 Å². The van der Waals surface area contributed by atoms with E-state index in [1.807, 2.05) is 0 Å². The van der Waals surface area contributed by atoms with Gasteiger partial charge in [-0.1, -0.05) is 12.1 Å². The van der Waals surface area contributed by atoms with Crippen molar-refractivity contribution < 1.29 is 35.9 Å². The third-order valence-electron chi connectivity index (χ3n) is 4.61. The zero-order valence-electron chi connectivity index (χ0n) is 14.8. The number of amides is 2. The smallest absolute Gasteiger partial charge is 0.406 e. The van der Waals surface area contributed by atoms with Crippen LogP contribution in [-0.2, 0) is 11.6 Å². The van der Waals surface area contributed by atoms with Crippen LogP contribution >= 0.6 is 0 Å². The van der Waals surface area contributed by atoms with Crippen molar-refractivity contribution in [3.05, 3.63) is 59.7 Å². The predicted molar refractivity (Wildman–Crippen MR) is 92.5 cm³/mol. The lowest BCUT2D eigenvalue weighted by molar-refractivity contribution is -0.274. The fraction of sp³-hybridized carbons (Fsp3) is 0.316. The van der Waals surface area contributed by atoms with Crippen LogP contribution in [0.5, 0.6) is 5.75 Å². The third kappa shape index (κ3) is 5.55. The zero-order chi connectivity index (χ0) is 21.3. The first-order chi connectivity index (χ1) is 13.5. The Morgan fingerprint density at radius 2 is 1.52 bits per heavy atom. The number of ether oxygens (including phenoxy) is 1. The van der Waals surface area contributed by atoms with Crippen molar-refractivity contribution >= 4 is 11.7 Å². The van der Waals surface area contributed by atoms with Gasteiger partial charge in [0, 0.05) is 17.6 Å². The number of rotatable bonds is 5. The van der Waals surface area contributed by atoms with Crippen molar-refractivity contribution in [3.8, 4) is 5.75 Å². The first-order valence-corrected chi connectivity index (χ1v) is 8.55. The van der Waals surface area contributed by atoms with Crippen LogP contribution in [0, 0.1) is 0 Å². The van der Waals surface area contributed by atoms with Crippen LogP contribution in [0.4, 0.5) is 36.8 Å². The average Bonchev–Trinajstić information content (AvgIpc) is 3.41. The Hall–Kier alpha value is -2.91. The first-order valence-electron chi connectivity index (χ1n) is 8.55. The Morgan fingerprint density at radius 1 is 0.931 bits per heavy atom. The van der Waals surface area contributed by atoms with Crippen molar-refractivity contribution in [2.24, 2.45) is 0 Å². The van der Waals surface area contributed by atoms with Gasteiger partial charge in [0.05, 0.1) is 5.56 Å². The Morgan fingerprint density at radius 3 is 2.00 bits per heavy atom. The quantitative estimate of drug-likeness (QED) is 0.634. The van der Waals surface area contributed by atoms with Gasteiger partial charge in [-0.3, -0.25) is 0 Å². The molecule has 0 heterocycles. The molecule has 4 nitrogen and oxygen atoms in total. The molecule has 156 valence electrons. The molecule has 1 aliphatic carbocycles. The summed E-state index contributed by atoms with van der Waals surface area (Å²) in [5.41, 5.74) is -0.178. The maximum Gasteiger partial charge on any atom is 0.573 e. The molecule has 0 aliphatic heterocycles. The lowest BCUT2D eigenvalue weighted by Crippen LogP contribution is -2.35. The van der Waals surface area contributed by atoms with E-state index in [-0.39, 0.29) is 12.2 Å². The third-order valence-corrected chi connectivity index (χ3v) is 4.61. The van der Waals surface area contributed by atoms with Crippen LogP contribution in [0.1, 0.15) is 24.0 Å². The Labute approximate surface area is 161 Å². The SMILES string of the molecule is O=C(NCC1(c2ccc(C(F)(F)F)cc2)CC1)Nc1ccc(OC(F)(F)F)cc1. The second kappa shape index (κ2) is 7.49. The molecule has 2 amide bonds. The molecule has 1 aliphatic rings. The lowest BCUT2D eigenvalue weighted by Gasteiger charge is -2.18. The van der Waals surface area contributed by atoms with Gasteiger partial charge in [-0.25, -0.2) is 4.79 Å². The van der Waals surface area contributed by atoms with Gasteiger partial charge in [0.2, 0.25) is 0 Å². The van der Waals surface area contributed by atoms with Crippen LogP contribution in [0.2, 0.25) is 0 Å². The fourth-order valence-corrected chi connectivity index (χ4v) is 2.90. The predicted octanol–water partition coefficient (Wildman–Crippen LogP) is 5.46. The number of hydrogen-bond donors (Lipinski definition) is 2. The normalized spacial score (nSPS) is 15.5. The second-order valence-corrected chi connectivity index (χ2v) is 6.74. The van der Waals surface area contributed by atoms with Crippen molar-refractivity contribution in [2.45, 2.75) is 30.8 Å². The highest BCUT2D eigenvalue weighted by Crippen LogP contribution is 2.48. The molecule has 29 heavy (non-hydrogen) atoms. The second-order valence-electron chi connectivity index (χ2n) is 6.74. The van der Waals surface area contributed by atoms with Crippen molar-refractivity contribution in [3.63, 3.8) is 0 Å². The van der Waals surface area contributed by atoms with E-state index in [2.05, 4.69) is 15.4 Å². The summed E-state index contributed by atoms with van der Waals surface area (Å²) >= 11 is 0. The minimum Gasteiger partial charge on any atom is -0.406 e. The molecule has 0 spiro atoms. The van der Waals surface area contributed by atoms with E-state index in [4.69, 9.17) is 0 Å². The molecule has 0 saturated heterocycles. The molecule has 2 N–H and O–H groups in total. The molecule has 0 aromatic heterocycles. The zero-order valence-corrected chi connectivity index (χ0v) is 14.8. The van der Waals surface area contributed by atoms with Crippen LogP contribution in [0.25, 0.3) is 0 Å². The van der Waals surface area contributed by atoms with Gasteiger partial charge in [-0.15, -0.1) is 13.2 Å². The summed E-state index contributed by atoms with van der Waals surface area (Å²) in [6, 6.07) is 8.91. The molecule has 0 unspecified atom stereocenters. The number of urea groups is 1. The average molecular weight is 418 g/mol. The summed E-state index contributed by atoms with van der Waals surface area (Å²) in [6.45, 7) is 0.222. The van der Waals surface area contributed by atoms with Gasteiger partial charge in [0.15, 0.2) is 0 Å². The molecule has 10 heteroatoms. The maximum absolute atomic E-state index is 12.7. The number of alkyl halides is 6. The highest BCUT2D eigenvalue weighted by molar-refractivity contribution is 5.89. The van der Waals surface area contributed by atoms with Gasteiger partial charge < -0.3 is 15.4 Å². The van der Waals surface area contributed by atoms with Crippen LogP contribution < -0.4 is 15.4 Å². The molecule has 0 atom stereocenters. The first kappa shape index (κ1) is 20.8. The van der Waals surface area contributed by atoms with Crippen molar-refractivity contribution in [1.82, 2.24) is 5.32 Å². The van der Waals surface area contributed by atoms with E-state index in [1.54, 1.807) is 0 Å². The molecule has 0 radical (unpaired) electrons. The Balaban J connectivity index is 1.54. The summed E-state index contributed by atoms with van der Waals surface area (Å²) in [7, 11) is 0. The van der Waals surface area contributed by atoms with Gasteiger partial charge in [0.25, 0.3) is 0 Å². The molecule has 2 aromatic carbocycles. The Kier molecular flexibility index (Phi) is 5.38. The summed E-state index contributed by atoms with van der Waals surface area (Å²) in [4.78, 5) is 12.0. The molecule has 0 bridgehead atoms. The van der Waals surface area contributed by atoms with E-state index in [9.17, 15) is 31.1 Å². The molecule has 1 fully saturated rings. The molecule has 3 rings (SSSR count). The number of nitrogens with one attached hydrogen (secondary N) is 2. The number of carbonyl (C=O) groups is 1. The van der Waals surface area contributed by atoms with E-state index >= 15 is 0 Å². The van der Waals surface area contributed by atoms with E-state index < -0.39 is 35.3 Å². The monoisotopic (exact) mass is 418 g/mol. The maximum atomic E-state index is 12.7. The minimum absolute atomic E-state index is 0.222. The number of benzene rings is 2. The number of halogens is 6. The number of hydrogen-bond acceptors (Lipinski definition) is 2. The van der Waals surface area contributed by atoms with E-state index in [0.717, 1.165) is 37.1 Å². The highest BCUT2D eigenvalue weighted by atomic mass is 19.4. The van der Waals surface area contributed by atoms with Crippen LogP contribution in [0.3, 0.4) is 0 Å². The standard InChI is InChI=1S/C19H16F6N2O2/c20-18(21,22)13-3-1-12(2-4-13)17(9-10-17)11-26-16(28)27-14-5-7-15(8-6-14)29-19(23,24)25/h1-8H,9-11H2,(H2,26,27,28). The van der Waals surface area contributed by atoms with E-state index in [0.29, 0.717) is 5.56 Å². The van der Waals surface area contributed by atoms with E-state index in [1.165, 1.54) is 24.3 Å². The molecule has 1 saturated carbocycles. The molecular formula is C19H16F6N2O2. The Bertz CT molecular complexity index is 856. The van der Waals surface area contributed by atoms with Crippen LogP contribution in [-0.4, -0.2) is 18.9 Å². The minimum atomic E-state index is -4.80. The highest BCUT2D eigenvalue weighted by Gasteiger charge is 2.44. The largest absolute Gasteiger partial charge is 0.573 e. The fourth-order valence-electron chi connectivity index (χ4n) is 2.90. The summed E-state index contributed by atoms with van der Waals surface area (Å²) in [5, 5.41) is 5.12. The number of anilines is 1. The topological polar surface area (TPSA) is 50.4 Å². The van der Waals surface area contributed by atoms with Gasteiger partial charge in [-0.2, -0.15) is 13.2 Å². The number of carbonyl (C=O) groups excluding carboxylic acids is 1. The molecule has 2 aromatic rings.